The number of nitrogens with one attached hydrogen (secondary N) is 1. The molecule has 25 heavy (non-hydrogen) atoms. The Kier molecular flexibility index (Phi) is 2.85. The molecule has 2 fully saturated rings. The van der Waals surface area contributed by atoms with Gasteiger partial charge in [0.1, 0.15) is 12.1 Å². The van der Waals surface area contributed by atoms with E-state index >= 15 is 0 Å². The summed E-state index contributed by atoms with van der Waals surface area (Å²) < 4.78 is 4.66. The van der Waals surface area contributed by atoms with Crippen molar-refractivity contribution in [1.82, 2.24) is 15.2 Å². The van der Waals surface area contributed by atoms with E-state index in [0.29, 0.717) is 16.7 Å². The van der Waals surface area contributed by atoms with Gasteiger partial charge in [0.25, 0.3) is 0 Å². The van der Waals surface area contributed by atoms with Crippen molar-refractivity contribution < 1.29 is 19.0 Å². The Hall–Kier alpha value is -3.03. The minimum absolute atomic E-state index is 0.134. The summed E-state index contributed by atoms with van der Waals surface area (Å²) in [7, 11) is 0. The lowest BCUT2D eigenvalue weighted by molar-refractivity contribution is -0.143. The second kappa shape index (κ2) is 4.98. The van der Waals surface area contributed by atoms with Crippen LogP contribution in [0.15, 0.2) is 35.0 Å². The molecule has 1 saturated carbocycles. The van der Waals surface area contributed by atoms with Crippen LogP contribution in [0, 0.1) is 23.7 Å². The maximum atomic E-state index is 12.6. The van der Waals surface area contributed by atoms with Crippen LogP contribution in [0.1, 0.15) is 6.42 Å². The molecule has 126 valence electrons. The highest BCUT2D eigenvalue weighted by molar-refractivity contribution is 6.10. The topological polar surface area (TPSA) is 105 Å². The SMILES string of the molecule is O=C(CN1C(=O)[C@@H]2C3C=CC(C3)[C@@H]2C1=O)Nc1cccc2nonc12. The molecular weight excluding hydrogens is 324 g/mol. The molecule has 1 N–H and O–H groups in total. The lowest BCUT2D eigenvalue weighted by atomic mass is 9.85. The van der Waals surface area contributed by atoms with Crippen molar-refractivity contribution in [1.29, 1.82) is 0 Å². The van der Waals surface area contributed by atoms with Crippen molar-refractivity contribution in [2.45, 2.75) is 6.42 Å². The molecule has 1 saturated heterocycles. The highest BCUT2D eigenvalue weighted by Crippen LogP contribution is 2.52. The molecule has 1 aromatic carbocycles. The highest BCUT2D eigenvalue weighted by atomic mass is 16.6. The third-order valence-corrected chi connectivity index (χ3v) is 5.42. The minimum Gasteiger partial charge on any atom is -0.322 e. The Morgan fingerprint density at radius 2 is 1.88 bits per heavy atom. The van der Waals surface area contributed by atoms with Gasteiger partial charge in [-0.05, 0) is 40.7 Å². The van der Waals surface area contributed by atoms with Gasteiger partial charge < -0.3 is 5.32 Å². The number of likely N-dealkylation sites (tertiary alicyclic amines) is 1. The second-order valence-electron chi connectivity index (χ2n) is 6.75. The maximum absolute atomic E-state index is 12.6. The van der Waals surface area contributed by atoms with E-state index in [2.05, 4.69) is 20.3 Å². The Morgan fingerprint density at radius 1 is 1.16 bits per heavy atom. The van der Waals surface area contributed by atoms with Crippen LogP contribution in [0.3, 0.4) is 0 Å². The van der Waals surface area contributed by atoms with Crippen LogP contribution in [0.2, 0.25) is 0 Å². The maximum Gasteiger partial charge on any atom is 0.244 e. The van der Waals surface area contributed by atoms with E-state index in [0.717, 1.165) is 11.3 Å². The number of hydrogen-bond donors (Lipinski definition) is 1. The molecule has 2 bridgehead atoms. The fourth-order valence-corrected chi connectivity index (χ4v) is 4.36. The van der Waals surface area contributed by atoms with Gasteiger partial charge in [0, 0.05) is 0 Å². The van der Waals surface area contributed by atoms with Crippen molar-refractivity contribution in [3.63, 3.8) is 0 Å². The molecule has 2 aromatic rings. The fraction of sp³-hybridized carbons (Fsp3) is 0.353. The Balaban J connectivity index is 1.34. The molecule has 8 heteroatoms. The Morgan fingerprint density at radius 3 is 2.60 bits per heavy atom. The quantitative estimate of drug-likeness (QED) is 0.660. The van der Waals surface area contributed by atoms with E-state index < -0.39 is 5.91 Å². The molecule has 1 aromatic heterocycles. The number of amides is 3. The summed E-state index contributed by atoms with van der Waals surface area (Å²) in [5.41, 5.74) is 1.38. The predicted molar refractivity (Wildman–Crippen MR) is 84.9 cm³/mol. The molecule has 2 heterocycles. The fourth-order valence-electron chi connectivity index (χ4n) is 4.36. The van der Waals surface area contributed by atoms with Crippen LogP contribution < -0.4 is 5.32 Å². The second-order valence-corrected chi connectivity index (χ2v) is 6.75. The normalized spacial score (nSPS) is 29.7. The van der Waals surface area contributed by atoms with Gasteiger partial charge in [-0.3, -0.25) is 19.3 Å². The van der Waals surface area contributed by atoms with Gasteiger partial charge in [0.2, 0.25) is 17.7 Å². The van der Waals surface area contributed by atoms with Crippen molar-refractivity contribution >= 4 is 34.4 Å². The summed E-state index contributed by atoms with van der Waals surface area (Å²) in [5.74, 6) is -1.23. The number of aromatic nitrogens is 2. The lowest BCUT2D eigenvalue weighted by Gasteiger charge is -2.16. The predicted octanol–water partition coefficient (Wildman–Crippen LogP) is 0.968. The number of carbonyl (C=O) groups excluding carboxylic acids is 3. The number of nitrogens with zero attached hydrogens (tertiary/aromatic N) is 3. The van der Waals surface area contributed by atoms with Gasteiger partial charge in [-0.25, -0.2) is 4.63 Å². The highest BCUT2D eigenvalue weighted by Gasteiger charge is 2.59. The van der Waals surface area contributed by atoms with Gasteiger partial charge >= 0.3 is 0 Å². The average molecular weight is 338 g/mol. The third kappa shape index (κ3) is 1.97. The van der Waals surface area contributed by atoms with Gasteiger partial charge in [-0.1, -0.05) is 18.2 Å². The zero-order chi connectivity index (χ0) is 17.1. The molecule has 2 aliphatic carbocycles. The standard InChI is InChI=1S/C17H14N4O4/c22-12(18-10-2-1-3-11-15(10)20-25-19-11)7-21-16(23)13-8-4-5-9(6-8)14(13)17(21)24/h1-5,8-9,13-14H,6-7H2,(H,18,22)/t8?,9?,13-,14+. The molecule has 8 nitrogen and oxygen atoms in total. The zero-order valence-electron chi connectivity index (χ0n) is 13.1. The van der Waals surface area contributed by atoms with Crippen molar-refractivity contribution in [3.8, 4) is 0 Å². The molecule has 3 amide bonds. The third-order valence-electron chi connectivity index (χ3n) is 5.42. The van der Waals surface area contributed by atoms with Crippen LogP contribution in [0.5, 0.6) is 0 Å². The van der Waals surface area contributed by atoms with Crippen molar-refractivity contribution in [3.05, 3.63) is 30.4 Å². The molecule has 1 aliphatic heterocycles. The zero-order valence-corrected chi connectivity index (χ0v) is 13.1. The first-order valence-corrected chi connectivity index (χ1v) is 8.18. The van der Waals surface area contributed by atoms with Crippen LogP contribution in [0.4, 0.5) is 5.69 Å². The largest absolute Gasteiger partial charge is 0.322 e. The van der Waals surface area contributed by atoms with Crippen LogP contribution in [-0.4, -0.2) is 39.5 Å². The van der Waals surface area contributed by atoms with Crippen molar-refractivity contribution in [2.75, 3.05) is 11.9 Å². The first-order chi connectivity index (χ1) is 12.1. The molecule has 0 radical (unpaired) electrons. The number of benzene rings is 1. The monoisotopic (exact) mass is 338 g/mol. The van der Waals surface area contributed by atoms with Gasteiger partial charge in [-0.15, -0.1) is 0 Å². The van der Waals surface area contributed by atoms with Crippen molar-refractivity contribution in [2.24, 2.45) is 23.7 Å². The summed E-state index contributed by atoms with van der Waals surface area (Å²) in [5, 5.41) is 10.1. The number of rotatable bonds is 3. The summed E-state index contributed by atoms with van der Waals surface area (Å²) in [4.78, 5) is 38.7. The number of carbonyl (C=O) groups is 3. The Bertz CT molecular complexity index is 919. The van der Waals surface area contributed by atoms with E-state index in [9.17, 15) is 14.4 Å². The summed E-state index contributed by atoms with van der Waals surface area (Å²) in [6, 6.07) is 5.08. The summed E-state index contributed by atoms with van der Waals surface area (Å²) in [6.07, 6.45) is 4.92. The minimum atomic E-state index is -0.447. The molecule has 0 spiro atoms. The van der Waals surface area contributed by atoms with Gasteiger partial charge in [-0.2, -0.15) is 0 Å². The Labute approximate surface area is 141 Å². The molecule has 4 atom stereocenters. The van der Waals surface area contributed by atoms with E-state index in [1.807, 2.05) is 12.2 Å². The van der Waals surface area contributed by atoms with Gasteiger partial charge in [0.05, 0.1) is 17.5 Å². The van der Waals surface area contributed by atoms with Crippen LogP contribution in [0.25, 0.3) is 11.0 Å². The first kappa shape index (κ1) is 14.3. The molecular formula is C17H14N4O4. The number of anilines is 1. The van der Waals surface area contributed by atoms with E-state index in [1.54, 1.807) is 18.2 Å². The number of imide groups is 1. The average Bonchev–Trinajstić information content (AvgIpc) is 3.35. The summed E-state index contributed by atoms with van der Waals surface area (Å²) in [6.45, 7) is -0.286. The molecule has 5 rings (SSSR count). The number of allylic oxidation sites excluding steroid dienone is 2. The lowest BCUT2D eigenvalue weighted by Crippen LogP contribution is -2.39. The molecule has 3 aliphatic rings. The number of fused-ring (bicyclic) bond motifs is 6. The van der Waals surface area contributed by atoms with E-state index in [4.69, 9.17) is 0 Å². The first-order valence-electron chi connectivity index (χ1n) is 8.18. The van der Waals surface area contributed by atoms with Gasteiger partial charge in [0.15, 0.2) is 5.52 Å². The van der Waals surface area contributed by atoms with Crippen LogP contribution >= 0.6 is 0 Å². The van der Waals surface area contributed by atoms with E-state index in [-0.39, 0.29) is 42.0 Å². The van der Waals surface area contributed by atoms with E-state index in [1.165, 1.54) is 0 Å². The smallest absolute Gasteiger partial charge is 0.244 e. The molecule has 2 unspecified atom stereocenters. The number of hydrogen-bond acceptors (Lipinski definition) is 6. The summed E-state index contributed by atoms with van der Waals surface area (Å²) >= 11 is 0. The van der Waals surface area contributed by atoms with Crippen LogP contribution in [-0.2, 0) is 14.4 Å².